The molecule has 0 saturated heterocycles. The summed E-state index contributed by atoms with van der Waals surface area (Å²) < 4.78 is 0. The second kappa shape index (κ2) is 8.11. The largest absolute Gasteiger partial charge is 0.338 e. The highest BCUT2D eigenvalue weighted by molar-refractivity contribution is 8.03. The Morgan fingerprint density at radius 2 is 2.00 bits per heavy atom. The third kappa shape index (κ3) is 5.15. The van der Waals surface area contributed by atoms with Gasteiger partial charge in [-0.3, -0.25) is 0 Å². The van der Waals surface area contributed by atoms with Gasteiger partial charge >= 0.3 is 6.03 Å². The summed E-state index contributed by atoms with van der Waals surface area (Å²) in [4.78, 5) is 12.7. The molecule has 0 bridgehead atoms. The standard InChI is InChI=1S/C17H17N3OS/c1-13-3-2-4-14(11-13)9-10-19-17(21)20-15-5-7-16(8-6-15)22-12-18/h2-8,11H,9-10H2,1H3,(H2,19,20,21). The number of rotatable bonds is 5. The maximum Gasteiger partial charge on any atom is 0.319 e. The van der Waals surface area contributed by atoms with E-state index >= 15 is 0 Å². The summed E-state index contributed by atoms with van der Waals surface area (Å²) in [5.74, 6) is 0. The first-order chi connectivity index (χ1) is 10.7. The fourth-order valence-corrected chi connectivity index (χ4v) is 2.40. The second-order valence-corrected chi connectivity index (χ2v) is 5.70. The van der Waals surface area contributed by atoms with E-state index in [1.165, 1.54) is 11.1 Å². The summed E-state index contributed by atoms with van der Waals surface area (Å²) >= 11 is 1.09. The van der Waals surface area contributed by atoms with Gasteiger partial charge in [-0.25, -0.2) is 4.79 Å². The van der Waals surface area contributed by atoms with E-state index in [2.05, 4.69) is 35.8 Å². The van der Waals surface area contributed by atoms with Gasteiger partial charge in [-0.1, -0.05) is 29.8 Å². The smallest absolute Gasteiger partial charge is 0.319 e. The number of amides is 2. The van der Waals surface area contributed by atoms with Crippen molar-refractivity contribution < 1.29 is 4.79 Å². The Morgan fingerprint density at radius 3 is 2.68 bits per heavy atom. The molecule has 2 aromatic carbocycles. The minimum absolute atomic E-state index is 0.228. The predicted molar refractivity (Wildman–Crippen MR) is 89.8 cm³/mol. The average molecular weight is 311 g/mol. The number of hydrogen-bond donors (Lipinski definition) is 2. The van der Waals surface area contributed by atoms with Crippen LogP contribution in [0.4, 0.5) is 10.5 Å². The Kier molecular flexibility index (Phi) is 5.87. The number of urea groups is 1. The van der Waals surface area contributed by atoms with Crippen molar-refractivity contribution in [1.82, 2.24) is 5.32 Å². The van der Waals surface area contributed by atoms with Crippen LogP contribution >= 0.6 is 11.8 Å². The highest BCUT2D eigenvalue weighted by Gasteiger charge is 2.02. The number of nitriles is 1. The monoisotopic (exact) mass is 311 g/mol. The van der Waals surface area contributed by atoms with Gasteiger partial charge in [0.2, 0.25) is 0 Å². The van der Waals surface area contributed by atoms with E-state index in [1.54, 1.807) is 24.3 Å². The topological polar surface area (TPSA) is 64.9 Å². The number of hydrogen-bond acceptors (Lipinski definition) is 3. The predicted octanol–water partition coefficient (Wildman–Crippen LogP) is 3.93. The molecule has 0 aliphatic heterocycles. The van der Waals surface area contributed by atoms with Crippen LogP contribution in [0.3, 0.4) is 0 Å². The van der Waals surface area contributed by atoms with Crippen LogP contribution in [0.1, 0.15) is 11.1 Å². The molecule has 0 spiro atoms. The summed E-state index contributed by atoms with van der Waals surface area (Å²) in [6.07, 6.45) is 0.798. The molecule has 2 amide bonds. The van der Waals surface area contributed by atoms with Gasteiger partial charge in [0.15, 0.2) is 0 Å². The van der Waals surface area contributed by atoms with Crippen LogP contribution in [0.15, 0.2) is 53.4 Å². The van der Waals surface area contributed by atoms with Crippen LogP contribution in [-0.4, -0.2) is 12.6 Å². The molecular weight excluding hydrogens is 294 g/mol. The molecule has 0 saturated carbocycles. The minimum Gasteiger partial charge on any atom is -0.338 e. The van der Waals surface area contributed by atoms with Crippen LogP contribution < -0.4 is 10.6 Å². The fourth-order valence-electron chi connectivity index (χ4n) is 2.02. The van der Waals surface area contributed by atoms with Gasteiger partial charge in [-0.05, 0) is 54.9 Å². The van der Waals surface area contributed by atoms with Crippen molar-refractivity contribution in [2.45, 2.75) is 18.2 Å². The molecule has 0 aliphatic carbocycles. The van der Waals surface area contributed by atoms with Gasteiger partial charge in [0.05, 0.1) is 0 Å². The number of benzene rings is 2. The third-order valence-electron chi connectivity index (χ3n) is 3.06. The van der Waals surface area contributed by atoms with Crippen molar-refractivity contribution in [3.63, 3.8) is 0 Å². The molecule has 2 N–H and O–H groups in total. The zero-order chi connectivity index (χ0) is 15.8. The van der Waals surface area contributed by atoms with E-state index in [1.807, 2.05) is 11.5 Å². The SMILES string of the molecule is Cc1cccc(CCNC(=O)Nc2ccc(SC#N)cc2)c1. The van der Waals surface area contributed by atoms with Crippen LogP contribution in [-0.2, 0) is 6.42 Å². The molecule has 0 aromatic heterocycles. The number of nitrogens with one attached hydrogen (secondary N) is 2. The number of anilines is 1. The molecule has 5 heteroatoms. The van der Waals surface area contributed by atoms with Gasteiger partial charge in [-0.15, -0.1) is 0 Å². The number of carbonyl (C=O) groups excluding carboxylic acids is 1. The van der Waals surface area contributed by atoms with Crippen molar-refractivity contribution in [3.8, 4) is 5.40 Å². The molecule has 22 heavy (non-hydrogen) atoms. The average Bonchev–Trinajstić information content (AvgIpc) is 2.50. The fraction of sp³-hybridized carbons (Fsp3) is 0.176. The highest BCUT2D eigenvalue weighted by atomic mass is 32.2. The van der Waals surface area contributed by atoms with E-state index in [4.69, 9.17) is 5.26 Å². The molecule has 2 rings (SSSR count). The van der Waals surface area contributed by atoms with E-state index in [9.17, 15) is 4.79 Å². The van der Waals surface area contributed by atoms with Gasteiger partial charge < -0.3 is 10.6 Å². The Labute approximate surface area is 134 Å². The summed E-state index contributed by atoms with van der Waals surface area (Å²) in [7, 11) is 0. The normalized spacial score (nSPS) is 9.82. The van der Waals surface area contributed by atoms with Gasteiger partial charge in [0.25, 0.3) is 0 Å². The quantitative estimate of drug-likeness (QED) is 0.649. The molecule has 0 radical (unpaired) electrons. The maximum atomic E-state index is 11.8. The van der Waals surface area contributed by atoms with Crippen molar-refractivity contribution >= 4 is 23.5 Å². The highest BCUT2D eigenvalue weighted by Crippen LogP contribution is 2.18. The molecule has 0 unspecified atom stereocenters. The summed E-state index contributed by atoms with van der Waals surface area (Å²) in [5.41, 5.74) is 3.13. The molecule has 112 valence electrons. The van der Waals surface area contributed by atoms with Crippen LogP contribution in [0, 0.1) is 17.6 Å². The molecule has 0 heterocycles. The first-order valence-corrected chi connectivity index (χ1v) is 7.75. The lowest BCUT2D eigenvalue weighted by Crippen LogP contribution is -2.30. The van der Waals surface area contributed by atoms with Crippen molar-refractivity contribution in [2.75, 3.05) is 11.9 Å². The van der Waals surface area contributed by atoms with E-state index < -0.39 is 0 Å². The zero-order valence-electron chi connectivity index (χ0n) is 12.3. The number of thioether (sulfide) groups is 1. The maximum absolute atomic E-state index is 11.8. The lowest BCUT2D eigenvalue weighted by atomic mass is 10.1. The van der Waals surface area contributed by atoms with Gasteiger partial charge in [-0.2, -0.15) is 5.26 Å². The van der Waals surface area contributed by atoms with Gasteiger partial charge in [0, 0.05) is 17.1 Å². The van der Waals surface area contributed by atoms with Crippen molar-refractivity contribution in [3.05, 3.63) is 59.7 Å². The minimum atomic E-state index is -0.228. The third-order valence-corrected chi connectivity index (χ3v) is 3.66. The Morgan fingerprint density at radius 1 is 1.23 bits per heavy atom. The lowest BCUT2D eigenvalue weighted by molar-refractivity contribution is 0.252. The zero-order valence-corrected chi connectivity index (χ0v) is 13.1. The summed E-state index contributed by atoms with van der Waals surface area (Å²) in [6.45, 7) is 2.63. The van der Waals surface area contributed by atoms with Crippen LogP contribution in [0.25, 0.3) is 0 Å². The van der Waals surface area contributed by atoms with Crippen molar-refractivity contribution in [1.29, 1.82) is 5.26 Å². The number of aryl methyl sites for hydroxylation is 1. The summed E-state index contributed by atoms with van der Waals surface area (Å²) in [5, 5.41) is 16.2. The van der Waals surface area contributed by atoms with E-state index in [0.29, 0.717) is 12.2 Å². The molecule has 4 nitrogen and oxygen atoms in total. The Hall–Kier alpha value is -2.45. The Balaban J connectivity index is 1.77. The first kappa shape index (κ1) is 15.9. The van der Waals surface area contributed by atoms with Crippen LogP contribution in [0.2, 0.25) is 0 Å². The molecular formula is C17H17N3OS. The molecule has 2 aromatic rings. The van der Waals surface area contributed by atoms with E-state index in [-0.39, 0.29) is 6.03 Å². The first-order valence-electron chi connectivity index (χ1n) is 6.94. The van der Waals surface area contributed by atoms with Gasteiger partial charge in [0.1, 0.15) is 5.40 Å². The number of thiocyanates is 1. The Bertz CT molecular complexity index is 677. The number of carbonyl (C=O) groups is 1. The summed E-state index contributed by atoms with van der Waals surface area (Å²) in [6, 6.07) is 15.2. The molecule has 0 atom stereocenters. The molecule has 0 aliphatic rings. The second-order valence-electron chi connectivity index (χ2n) is 4.84. The lowest BCUT2D eigenvalue weighted by Gasteiger charge is -2.08. The molecule has 0 fully saturated rings. The number of nitrogens with zero attached hydrogens (tertiary/aromatic N) is 1. The van der Waals surface area contributed by atoms with E-state index in [0.717, 1.165) is 23.1 Å². The van der Waals surface area contributed by atoms with Crippen LogP contribution in [0.5, 0.6) is 0 Å². The van der Waals surface area contributed by atoms with Crippen molar-refractivity contribution in [2.24, 2.45) is 0 Å².